The fourth-order valence-electron chi connectivity index (χ4n) is 2.37. The number of hydrogen-bond donors (Lipinski definition) is 1. The van der Waals surface area contributed by atoms with Gasteiger partial charge in [0.15, 0.2) is 0 Å². The van der Waals surface area contributed by atoms with Gasteiger partial charge >= 0.3 is 0 Å². The van der Waals surface area contributed by atoms with Gasteiger partial charge in [-0.2, -0.15) is 0 Å². The lowest BCUT2D eigenvalue weighted by molar-refractivity contribution is 0.406. The lowest BCUT2D eigenvalue weighted by atomic mass is 9.97. The minimum Gasteiger partial charge on any atom is -0.496 e. The summed E-state index contributed by atoms with van der Waals surface area (Å²) in [7, 11) is 3.59. The van der Waals surface area contributed by atoms with Crippen molar-refractivity contribution in [2.24, 2.45) is 0 Å². The predicted octanol–water partition coefficient (Wildman–Crippen LogP) is 3.65. The first-order valence-corrected chi connectivity index (χ1v) is 6.70. The zero-order chi connectivity index (χ0) is 14.5. The van der Waals surface area contributed by atoms with Crippen LogP contribution in [0.25, 0.3) is 0 Å². The van der Waals surface area contributed by atoms with Crippen LogP contribution in [0.2, 0.25) is 0 Å². The molecule has 0 aromatic heterocycles. The summed E-state index contributed by atoms with van der Waals surface area (Å²) in [6.07, 6.45) is 0.799. The lowest BCUT2D eigenvalue weighted by Gasteiger charge is -2.19. The molecule has 0 aliphatic rings. The highest BCUT2D eigenvalue weighted by molar-refractivity contribution is 5.38. The first-order chi connectivity index (χ1) is 9.63. The molecular formula is C17H20FNO. The molecule has 0 fully saturated rings. The first-order valence-electron chi connectivity index (χ1n) is 6.70. The van der Waals surface area contributed by atoms with Gasteiger partial charge in [0.05, 0.1) is 7.11 Å². The van der Waals surface area contributed by atoms with E-state index in [1.165, 1.54) is 17.7 Å². The zero-order valence-electron chi connectivity index (χ0n) is 12.1. The number of rotatable bonds is 5. The first kappa shape index (κ1) is 14.5. The van der Waals surface area contributed by atoms with Crippen LogP contribution in [0.3, 0.4) is 0 Å². The summed E-state index contributed by atoms with van der Waals surface area (Å²) in [6, 6.07) is 12.9. The second-order valence-electron chi connectivity index (χ2n) is 4.91. The summed E-state index contributed by atoms with van der Waals surface area (Å²) in [4.78, 5) is 0. The van der Waals surface area contributed by atoms with E-state index in [1.807, 2.05) is 31.3 Å². The van der Waals surface area contributed by atoms with E-state index in [0.29, 0.717) is 0 Å². The topological polar surface area (TPSA) is 21.3 Å². The van der Waals surface area contributed by atoms with Crippen LogP contribution in [0.5, 0.6) is 5.75 Å². The Morgan fingerprint density at radius 1 is 1.15 bits per heavy atom. The predicted molar refractivity (Wildman–Crippen MR) is 79.6 cm³/mol. The van der Waals surface area contributed by atoms with Crippen molar-refractivity contribution in [1.82, 2.24) is 5.32 Å². The van der Waals surface area contributed by atoms with E-state index in [9.17, 15) is 4.39 Å². The van der Waals surface area contributed by atoms with Crippen LogP contribution >= 0.6 is 0 Å². The lowest BCUT2D eigenvalue weighted by Crippen LogP contribution is -2.19. The maximum atomic E-state index is 13.0. The number of likely N-dealkylation sites (N-methyl/N-ethyl adjacent to an activating group) is 1. The van der Waals surface area contributed by atoms with E-state index in [4.69, 9.17) is 4.74 Å². The van der Waals surface area contributed by atoms with Crippen molar-refractivity contribution in [1.29, 1.82) is 0 Å². The number of aryl methyl sites for hydroxylation is 1. The highest BCUT2D eigenvalue weighted by atomic mass is 19.1. The highest BCUT2D eigenvalue weighted by Crippen LogP contribution is 2.26. The second kappa shape index (κ2) is 6.53. The van der Waals surface area contributed by atoms with Crippen LogP contribution in [0, 0.1) is 12.7 Å². The molecule has 106 valence electrons. The normalized spacial score (nSPS) is 12.2. The van der Waals surface area contributed by atoms with Crippen molar-refractivity contribution in [3.05, 3.63) is 65.0 Å². The number of ether oxygens (including phenoxy) is 1. The Kier molecular flexibility index (Phi) is 4.74. The standard InChI is InChI=1S/C17H20FNO/c1-12-4-9-17(20-3)14(10-12)11-16(19-2)13-5-7-15(18)8-6-13/h4-10,16,19H,11H2,1-3H3. The van der Waals surface area contributed by atoms with Gasteiger partial charge in [0.1, 0.15) is 11.6 Å². The fourth-order valence-corrected chi connectivity index (χ4v) is 2.37. The molecule has 0 aliphatic heterocycles. The summed E-state index contributed by atoms with van der Waals surface area (Å²) in [6.45, 7) is 2.06. The Morgan fingerprint density at radius 3 is 2.45 bits per heavy atom. The molecule has 2 rings (SSSR count). The summed E-state index contributed by atoms with van der Waals surface area (Å²) in [5, 5.41) is 3.28. The van der Waals surface area contributed by atoms with Crippen molar-refractivity contribution in [3.63, 3.8) is 0 Å². The van der Waals surface area contributed by atoms with Crippen LogP contribution in [0.4, 0.5) is 4.39 Å². The number of halogens is 1. The average Bonchev–Trinajstić information content (AvgIpc) is 2.46. The van der Waals surface area contributed by atoms with Gasteiger partial charge in [-0.3, -0.25) is 0 Å². The van der Waals surface area contributed by atoms with Crippen LogP contribution < -0.4 is 10.1 Å². The second-order valence-corrected chi connectivity index (χ2v) is 4.91. The molecule has 1 atom stereocenters. The summed E-state index contributed by atoms with van der Waals surface area (Å²) in [5.74, 6) is 0.676. The molecule has 0 saturated heterocycles. The Bertz CT molecular complexity index is 566. The molecule has 0 aliphatic carbocycles. The maximum Gasteiger partial charge on any atom is 0.123 e. The summed E-state index contributed by atoms with van der Waals surface area (Å²) in [5.41, 5.74) is 3.42. The molecule has 0 amide bonds. The zero-order valence-corrected chi connectivity index (χ0v) is 12.1. The average molecular weight is 273 g/mol. The van der Waals surface area contributed by atoms with Gasteiger partial charge < -0.3 is 10.1 Å². The third kappa shape index (κ3) is 3.36. The Balaban J connectivity index is 2.26. The molecule has 0 spiro atoms. The number of hydrogen-bond acceptors (Lipinski definition) is 2. The fraction of sp³-hybridized carbons (Fsp3) is 0.294. The van der Waals surface area contributed by atoms with Crippen LogP contribution in [-0.4, -0.2) is 14.2 Å². The minimum atomic E-state index is -0.211. The molecular weight excluding hydrogens is 253 g/mol. The third-order valence-corrected chi connectivity index (χ3v) is 3.48. The van der Waals surface area contributed by atoms with Crippen molar-refractivity contribution in [2.45, 2.75) is 19.4 Å². The Hall–Kier alpha value is -1.87. The van der Waals surface area contributed by atoms with E-state index in [1.54, 1.807) is 7.11 Å². The van der Waals surface area contributed by atoms with Gasteiger partial charge in [-0.1, -0.05) is 29.8 Å². The van der Waals surface area contributed by atoms with E-state index in [-0.39, 0.29) is 11.9 Å². The monoisotopic (exact) mass is 273 g/mol. The molecule has 1 N–H and O–H groups in total. The smallest absolute Gasteiger partial charge is 0.123 e. The molecule has 20 heavy (non-hydrogen) atoms. The number of nitrogens with one attached hydrogen (secondary N) is 1. The Labute approximate surface area is 119 Å². The third-order valence-electron chi connectivity index (χ3n) is 3.48. The molecule has 3 heteroatoms. The Morgan fingerprint density at radius 2 is 1.85 bits per heavy atom. The molecule has 2 nitrogen and oxygen atoms in total. The molecule has 0 heterocycles. The van der Waals surface area contributed by atoms with Gasteiger partial charge in [0.2, 0.25) is 0 Å². The maximum absolute atomic E-state index is 13.0. The van der Waals surface area contributed by atoms with Crippen molar-refractivity contribution in [2.75, 3.05) is 14.2 Å². The van der Waals surface area contributed by atoms with Gasteiger partial charge in [-0.15, -0.1) is 0 Å². The van der Waals surface area contributed by atoms with Crippen LogP contribution in [-0.2, 0) is 6.42 Å². The molecule has 2 aromatic carbocycles. The molecule has 0 saturated carbocycles. The number of methoxy groups -OCH3 is 1. The number of benzene rings is 2. The van der Waals surface area contributed by atoms with E-state index < -0.39 is 0 Å². The highest BCUT2D eigenvalue weighted by Gasteiger charge is 2.13. The van der Waals surface area contributed by atoms with Gasteiger partial charge in [0, 0.05) is 6.04 Å². The van der Waals surface area contributed by atoms with Gasteiger partial charge in [0.25, 0.3) is 0 Å². The largest absolute Gasteiger partial charge is 0.496 e. The van der Waals surface area contributed by atoms with Crippen LogP contribution in [0.15, 0.2) is 42.5 Å². The summed E-state index contributed by atoms with van der Waals surface area (Å²) >= 11 is 0. The van der Waals surface area contributed by atoms with Gasteiger partial charge in [-0.25, -0.2) is 4.39 Å². The van der Waals surface area contributed by atoms with E-state index in [0.717, 1.165) is 23.3 Å². The van der Waals surface area contributed by atoms with Crippen LogP contribution in [0.1, 0.15) is 22.7 Å². The quantitative estimate of drug-likeness (QED) is 0.898. The van der Waals surface area contributed by atoms with Crippen molar-refractivity contribution < 1.29 is 9.13 Å². The van der Waals surface area contributed by atoms with Crippen molar-refractivity contribution >= 4 is 0 Å². The van der Waals surface area contributed by atoms with Crippen molar-refractivity contribution in [3.8, 4) is 5.75 Å². The molecule has 2 aromatic rings. The SMILES string of the molecule is CNC(Cc1cc(C)ccc1OC)c1ccc(F)cc1. The minimum absolute atomic E-state index is 0.131. The molecule has 0 radical (unpaired) electrons. The molecule has 0 bridgehead atoms. The van der Waals surface area contributed by atoms with E-state index >= 15 is 0 Å². The van der Waals surface area contributed by atoms with E-state index in [2.05, 4.69) is 18.3 Å². The summed E-state index contributed by atoms with van der Waals surface area (Å²) < 4.78 is 18.4. The van der Waals surface area contributed by atoms with Gasteiger partial charge in [-0.05, 0) is 49.7 Å². The molecule has 1 unspecified atom stereocenters.